The van der Waals surface area contributed by atoms with Crippen LogP contribution in [-0.4, -0.2) is 76.8 Å². The molecule has 1 N–H and O–H groups in total. The third-order valence-corrected chi connectivity index (χ3v) is 8.77. The van der Waals surface area contributed by atoms with Crippen molar-refractivity contribution in [3.63, 3.8) is 0 Å². The number of alkyl carbamates (subject to hydrolysis) is 1. The standard InChI is InChI=1S/C35H43N7O5/c1-34(2,3)47-33(44)38-35(4)15-18-40(19-16-35)28-21-36-29-30(37-28)42(22-23-9-12-26(45-5)13-10-23)39-31(29)41-17-7-8-24-20-25(32(43)46-6)11-14-27(24)41/h9-14,20-21H,7-8,15-19,22H2,1-6H3,(H,38,44). The lowest BCUT2D eigenvalue weighted by Crippen LogP contribution is -2.54. The maximum Gasteiger partial charge on any atom is 0.408 e. The zero-order valence-corrected chi connectivity index (χ0v) is 28.0. The van der Waals surface area contributed by atoms with Gasteiger partial charge in [0.05, 0.1) is 32.5 Å². The molecule has 1 amide bonds. The van der Waals surface area contributed by atoms with Gasteiger partial charge in [-0.05, 0) is 94.8 Å². The molecule has 47 heavy (non-hydrogen) atoms. The molecule has 2 aliphatic rings. The van der Waals surface area contributed by atoms with Gasteiger partial charge in [-0.1, -0.05) is 12.1 Å². The van der Waals surface area contributed by atoms with E-state index < -0.39 is 11.7 Å². The monoisotopic (exact) mass is 641 g/mol. The first kappa shape index (κ1) is 32.1. The molecule has 2 aromatic carbocycles. The Morgan fingerprint density at radius 2 is 1.77 bits per heavy atom. The van der Waals surface area contributed by atoms with Crippen molar-refractivity contribution in [1.29, 1.82) is 0 Å². The Kier molecular flexibility index (Phi) is 8.69. The van der Waals surface area contributed by atoms with Crippen LogP contribution in [0.2, 0.25) is 0 Å². The van der Waals surface area contributed by atoms with Gasteiger partial charge in [-0.15, -0.1) is 0 Å². The smallest absolute Gasteiger partial charge is 0.408 e. The van der Waals surface area contributed by atoms with Crippen LogP contribution >= 0.6 is 0 Å². The number of anilines is 3. The number of hydrogen-bond acceptors (Lipinski definition) is 10. The minimum absolute atomic E-state index is 0.351. The van der Waals surface area contributed by atoms with Gasteiger partial charge in [0.15, 0.2) is 17.0 Å². The van der Waals surface area contributed by atoms with Crippen LogP contribution < -0.4 is 19.9 Å². The van der Waals surface area contributed by atoms with Gasteiger partial charge in [-0.25, -0.2) is 24.2 Å². The number of nitrogens with one attached hydrogen (secondary N) is 1. The number of hydrogen-bond donors (Lipinski definition) is 1. The first-order chi connectivity index (χ1) is 22.4. The number of amides is 1. The fraction of sp³-hybridized carbons (Fsp3) is 0.457. The summed E-state index contributed by atoms with van der Waals surface area (Å²) in [6.07, 6.45) is 4.65. The fourth-order valence-corrected chi connectivity index (χ4v) is 6.23. The number of rotatable bonds is 7. The summed E-state index contributed by atoms with van der Waals surface area (Å²) in [6, 6.07) is 13.6. The first-order valence-electron chi connectivity index (χ1n) is 16.1. The Hall–Kier alpha value is -4.87. The molecular weight excluding hydrogens is 598 g/mol. The lowest BCUT2D eigenvalue weighted by atomic mass is 9.90. The molecule has 0 atom stereocenters. The Morgan fingerprint density at radius 3 is 2.45 bits per heavy atom. The highest BCUT2D eigenvalue weighted by Gasteiger charge is 2.34. The van der Waals surface area contributed by atoms with E-state index in [-0.39, 0.29) is 11.5 Å². The normalized spacial score (nSPS) is 16.0. The number of methoxy groups -OCH3 is 2. The van der Waals surface area contributed by atoms with Crippen molar-refractivity contribution < 1.29 is 23.8 Å². The molecule has 0 aliphatic carbocycles. The molecule has 4 heterocycles. The minimum atomic E-state index is -0.554. The predicted octanol–water partition coefficient (Wildman–Crippen LogP) is 5.64. The summed E-state index contributed by atoms with van der Waals surface area (Å²) in [4.78, 5) is 39.2. The van der Waals surface area contributed by atoms with Crippen molar-refractivity contribution in [2.75, 3.05) is 43.7 Å². The second-order valence-electron chi connectivity index (χ2n) is 13.5. The Morgan fingerprint density at radius 1 is 1.02 bits per heavy atom. The largest absolute Gasteiger partial charge is 0.497 e. The summed E-state index contributed by atoms with van der Waals surface area (Å²) in [5, 5.41) is 8.19. The van der Waals surface area contributed by atoms with Gasteiger partial charge in [0.1, 0.15) is 17.2 Å². The predicted molar refractivity (Wildman–Crippen MR) is 180 cm³/mol. The maximum atomic E-state index is 12.5. The van der Waals surface area contributed by atoms with E-state index in [1.807, 2.05) is 68.0 Å². The number of fused-ring (bicyclic) bond motifs is 2. The highest BCUT2D eigenvalue weighted by atomic mass is 16.6. The van der Waals surface area contributed by atoms with Gasteiger partial charge in [-0.3, -0.25) is 0 Å². The van der Waals surface area contributed by atoms with Crippen molar-refractivity contribution >= 4 is 40.5 Å². The zero-order chi connectivity index (χ0) is 33.3. The zero-order valence-electron chi connectivity index (χ0n) is 28.0. The van der Waals surface area contributed by atoms with Crippen LogP contribution in [0.3, 0.4) is 0 Å². The van der Waals surface area contributed by atoms with E-state index in [4.69, 9.17) is 29.3 Å². The minimum Gasteiger partial charge on any atom is -0.497 e. The van der Waals surface area contributed by atoms with Crippen LogP contribution in [0, 0.1) is 0 Å². The van der Waals surface area contributed by atoms with E-state index >= 15 is 0 Å². The number of ether oxygens (including phenoxy) is 3. The third kappa shape index (κ3) is 6.96. The van der Waals surface area contributed by atoms with Crippen molar-refractivity contribution in [2.45, 2.75) is 71.1 Å². The van der Waals surface area contributed by atoms with Crippen LogP contribution in [0.25, 0.3) is 11.2 Å². The van der Waals surface area contributed by atoms with Crippen LogP contribution in [0.4, 0.5) is 22.1 Å². The second-order valence-corrected chi connectivity index (χ2v) is 13.5. The number of carbonyl (C=O) groups excluding carboxylic acids is 2. The molecule has 2 aromatic heterocycles. The van der Waals surface area contributed by atoms with Gasteiger partial charge in [0, 0.05) is 30.9 Å². The average Bonchev–Trinajstić information content (AvgIpc) is 3.40. The topological polar surface area (TPSA) is 124 Å². The molecule has 12 nitrogen and oxygen atoms in total. The molecule has 0 unspecified atom stereocenters. The molecule has 0 bridgehead atoms. The second kappa shape index (κ2) is 12.7. The van der Waals surface area contributed by atoms with Gasteiger partial charge in [0.25, 0.3) is 0 Å². The lowest BCUT2D eigenvalue weighted by molar-refractivity contribution is 0.0447. The van der Waals surface area contributed by atoms with E-state index in [0.717, 1.165) is 66.4 Å². The number of piperidine rings is 1. The number of aryl methyl sites for hydroxylation is 1. The molecule has 2 aliphatic heterocycles. The summed E-state index contributed by atoms with van der Waals surface area (Å²) in [5.41, 5.74) is 4.12. The van der Waals surface area contributed by atoms with Gasteiger partial charge < -0.3 is 29.3 Å². The molecule has 12 heteroatoms. The van der Waals surface area contributed by atoms with Crippen molar-refractivity contribution in [2.24, 2.45) is 0 Å². The van der Waals surface area contributed by atoms with Crippen molar-refractivity contribution in [1.82, 2.24) is 25.1 Å². The summed E-state index contributed by atoms with van der Waals surface area (Å²) in [6.45, 7) is 10.3. The summed E-state index contributed by atoms with van der Waals surface area (Å²) >= 11 is 0. The lowest BCUT2D eigenvalue weighted by Gasteiger charge is -2.40. The van der Waals surface area contributed by atoms with Gasteiger partial charge >= 0.3 is 12.1 Å². The molecule has 0 spiro atoms. The van der Waals surface area contributed by atoms with Crippen LogP contribution in [-0.2, 0) is 22.4 Å². The molecular formula is C35H43N7O5. The highest BCUT2D eigenvalue weighted by molar-refractivity contribution is 5.92. The molecule has 248 valence electrons. The highest BCUT2D eigenvalue weighted by Crippen LogP contribution is 2.37. The van der Waals surface area contributed by atoms with E-state index in [2.05, 4.69) is 22.0 Å². The third-order valence-electron chi connectivity index (χ3n) is 8.77. The molecule has 4 aromatic rings. The molecule has 1 fully saturated rings. The first-order valence-corrected chi connectivity index (χ1v) is 16.1. The molecule has 0 saturated carbocycles. The van der Waals surface area contributed by atoms with Crippen LogP contribution in [0.1, 0.15) is 68.4 Å². The van der Waals surface area contributed by atoms with E-state index in [9.17, 15) is 9.59 Å². The van der Waals surface area contributed by atoms with Gasteiger partial charge in [-0.2, -0.15) is 5.10 Å². The number of esters is 1. The SMILES string of the molecule is COC(=O)c1ccc2c(c1)CCCN2c1nn(Cc2ccc(OC)cc2)c2nc(N3CCC(C)(NC(=O)OC(C)(C)C)CC3)cnc12. The van der Waals surface area contributed by atoms with Crippen molar-refractivity contribution in [3.8, 4) is 5.75 Å². The van der Waals surface area contributed by atoms with Crippen LogP contribution in [0.5, 0.6) is 5.75 Å². The fourth-order valence-electron chi connectivity index (χ4n) is 6.23. The molecule has 6 rings (SSSR count). The van der Waals surface area contributed by atoms with Crippen molar-refractivity contribution in [3.05, 3.63) is 65.4 Å². The number of nitrogens with zero attached hydrogens (tertiary/aromatic N) is 6. The van der Waals surface area contributed by atoms with E-state index in [1.54, 1.807) is 13.2 Å². The average molecular weight is 642 g/mol. The summed E-state index contributed by atoms with van der Waals surface area (Å²) in [5.74, 6) is 1.93. The molecule has 0 radical (unpaired) electrons. The number of carbonyl (C=O) groups is 2. The maximum absolute atomic E-state index is 12.5. The van der Waals surface area contributed by atoms with Gasteiger partial charge in [0.2, 0.25) is 0 Å². The van der Waals surface area contributed by atoms with E-state index in [1.165, 1.54) is 7.11 Å². The Balaban J connectivity index is 1.31. The molecule has 1 saturated heterocycles. The van der Waals surface area contributed by atoms with E-state index in [0.29, 0.717) is 36.4 Å². The Bertz CT molecular complexity index is 1770. The number of benzene rings is 2. The van der Waals surface area contributed by atoms with Crippen LogP contribution in [0.15, 0.2) is 48.7 Å². The Labute approximate surface area is 275 Å². The number of aromatic nitrogens is 4. The quantitative estimate of drug-likeness (QED) is 0.254. The summed E-state index contributed by atoms with van der Waals surface area (Å²) in [7, 11) is 3.05. The summed E-state index contributed by atoms with van der Waals surface area (Å²) < 4.78 is 17.7.